The number of likely N-dealkylation sites (tertiary alicyclic amines) is 1. The van der Waals surface area contributed by atoms with Crippen LogP contribution in [0.4, 0.5) is 0 Å². The number of nitrogens with zero attached hydrogens (tertiary/aromatic N) is 1. The number of methoxy groups -OCH3 is 1. The second-order valence-electron chi connectivity index (χ2n) is 5.98. The molecule has 0 atom stereocenters. The quantitative estimate of drug-likeness (QED) is 0.760. The van der Waals surface area contributed by atoms with E-state index in [0.717, 1.165) is 38.8 Å². The molecule has 1 N–H and O–H groups in total. The lowest BCUT2D eigenvalue weighted by molar-refractivity contribution is 0.0761. The van der Waals surface area contributed by atoms with Gasteiger partial charge in [-0.25, -0.2) is 13.1 Å². The Hall–Kier alpha value is -1.44. The maximum atomic E-state index is 12.6. The first kappa shape index (κ1) is 18.9. The van der Waals surface area contributed by atoms with Crippen LogP contribution in [0.25, 0.3) is 0 Å². The minimum atomic E-state index is -3.61. The van der Waals surface area contributed by atoms with Gasteiger partial charge in [-0.2, -0.15) is 0 Å². The average molecular weight is 354 g/mol. The highest BCUT2D eigenvalue weighted by Crippen LogP contribution is 2.16. The molecule has 0 radical (unpaired) electrons. The normalized spacial score (nSPS) is 16.0. The molecule has 134 valence electrons. The number of benzene rings is 1. The summed E-state index contributed by atoms with van der Waals surface area (Å²) in [7, 11) is -2.04. The van der Waals surface area contributed by atoms with Gasteiger partial charge < -0.3 is 9.64 Å². The number of sulfonamides is 1. The van der Waals surface area contributed by atoms with Crippen LogP contribution in [0.2, 0.25) is 0 Å². The average Bonchev–Trinajstić information content (AvgIpc) is 2.87. The van der Waals surface area contributed by atoms with Crippen molar-refractivity contribution in [3.05, 3.63) is 29.8 Å². The van der Waals surface area contributed by atoms with Crippen molar-refractivity contribution in [3.63, 3.8) is 0 Å². The van der Waals surface area contributed by atoms with Crippen LogP contribution in [0.15, 0.2) is 29.2 Å². The van der Waals surface area contributed by atoms with Crippen LogP contribution >= 0.6 is 0 Å². The molecule has 1 aromatic carbocycles. The van der Waals surface area contributed by atoms with Gasteiger partial charge >= 0.3 is 0 Å². The van der Waals surface area contributed by atoms with Crippen molar-refractivity contribution in [1.29, 1.82) is 0 Å². The molecule has 0 spiro atoms. The van der Waals surface area contributed by atoms with Gasteiger partial charge in [0.15, 0.2) is 0 Å². The zero-order valence-electron chi connectivity index (χ0n) is 14.2. The van der Waals surface area contributed by atoms with Crippen LogP contribution in [-0.2, 0) is 14.8 Å². The predicted octanol–water partition coefficient (Wildman–Crippen LogP) is 2.02. The molecule has 6 nitrogen and oxygen atoms in total. The van der Waals surface area contributed by atoms with Gasteiger partial charge in [0.2, 0.25) is 10.0 Å². The Morgan fingerprint density at radius 3 is 2.58 bits per heavy atom. The molecule has 1 heterocycles. The first-order chi connectivity index (χ1) is 11.5. The molecule has 0 saturated carbocycles. The Morgan fingerprint density at radius 2 is 1.92 bits per heavy atom. The maximum absolute atomic E-state index is 12.6. The Labute approximate surface area is 144 Å². The molecule has 1 aromatic rings. The van der Waals surface area contributed by atoms with Crippen molar-refractivity contribution >= 4 is 15.9 Å². The third-order valence-electron chi connectivity index (χ3n) is 4.10. The number of hydrogen-bond donors (Lipinski definition) is 1. The molecule has 7 heteroatoms. The van der Waals surface area contributed by atoms with Crippen molar-refractivity contribution < 1.29 is 17.9 Å². The minimum Gasteiger partial charge on any atom is -0.385 e. The maximum Gasteiger partial charge on any atom is 0.253 e. The molecule has 1 aliphatic rings. The van der Waals surface area contributed by atoms with E-state index >= 15 is 0 Å². The van der Waals surface area contributed by atoms with Crippen LogP contribution < -0.4 is 4.72 Å². The fourth-order valence-corrected chi connectivity index (χ4v) is 3.88. The molecule has 2 rings (SSSR count). The molecular weight excluding hydrogens is 328 g/mol. The number of hydrogen-bond acceptors (Lipinski definition) is 4. The Bertz CT molecular complexity index is 638. The highest BCUT2D eigenvalue weighted by molar-refractivity contribution is 7.89. The molecular formula is C17H26N2O4S. The first-order valence-electron chi connectivity index (χ1n) is 8.42. The van der Waals surface area contributed by atoms with E-state index < -0.39 is 10.0 Å². The fraction of sp³-hybridized carbons (Fsp3) is 0.588. The van der Waals surface area contributed by atoms with Crippen molar-refractivity contribution in [2.75, 3.05) is 33.4 Å². The van der Waals surface area contributed by atoms with E-state index in [1.54, 1.807) is 19.2 Å². The first-order valence-corrected chi connectivity index (χ1v) is 9.91. The number of nitrogens with one attached hydrogen (secondary N) is 1. The summed E-state index contributed by atoms with van der Waals surface area (Å²) in [5.41, 5.74) is 0.427. The van der Waals surface area contributed by atoms with Crippen LogP contribution in [0.1, 0.15) is 42.5 Å². The molecule has 1 fully saturated rings. The SMILES string of the molecule is COCCCNS(=O)(=O)c1cccc(C(=O)N2CCCCCC2)c1. The third-order valence-corrected chi connectivity index (χ3v) is 5.56. The van der Waals surface area contributed by atoms with Crippen LogP contribution in [0.3, 0.4) is 0 Å². The molecule has 0 aliphatic carbocycles. The summed E-state index contributed by atoms with van der Waals surface area (Å²) >= 11 is 0. The zero-order chi connectivity index (χ0) is 17.4. The topological polar surface area (TPSA) is 75.7 Å². The zero-order valence-corrected chi connectivity index (χ0v) is 15.0. The van der Waals surface area contributed by atoms with Crippen molar-refractivity contribution in [1.82, 2.24) is 9.62 Å². The second kappa shape index (κ2) is 9.15. The van der Waals surface area contributed by atoms with Gasteiger partial charge in [-0.1, -0.05) is 18.9 Å². The van der Waals surface area contributed by atoms with Gasteiger partial charge in [0, 0.05) is 38.9 Å². The van der Waals surface area contributed by atoms with Crippen molar-refractivity contribution in [3.8, 4) is 0 Å². The summed E-state index contributed by atoms with van der Waals surface area (Å²) in [6, 6.07) is 6.27. The van der Waals surface area contributed by atoms with Crippen LogP contribution in [0, 0.1) is 0 Å². The van der Waals surface area contributed by atoms with Gasteiger partial charge in [0.05, 0.1) is 4.90 Å². The lowest BCUT2D eigenvalue weighted by Crippen LogP contribution is -2.32. The summed E-state index contributed by atoms with van der Waals surface area (Å²) in [4.78, 5) is 14.6. The van der Waals surface area contributed by atoms with Gasteiger partial charge in [0.25, 0.3) is 5.91 Å². The van der Waals surface area contributed by atoms with E-state index in [0.29, 0.717) is 25.1 Å². The standard InChI is InChI=1S/C17H26N2O4S/c1-23-13-7-10-18-24(21,22)16-9-6-8-15(14-16)17(20)19-11-4-2-3-5-12-19/h6,8-9,14,18H,2-5,7,10-13H2,1H3. The lowest BCUT2D eigenvalue weighted by Gasteiger charge is -2.20. The van der Waals surface area contributed by atoms with Crippen molar-refractivity contribution in [2.45, 2.75) is 37.0 Å². The fourth-order valence-electron chi connectivity index (χ4n) is 2.76. The highest BCUT2D eigenvalue weighted by Gasteiger charge is 2.20. The molecule has 0 aromatic heterocycles. The lowest BCUT2D eigenvalue weighted by atomic mass is 10.2. The van der Waals surface area contributed by atoms with E-state index in [-0.39, 0.29) is 10.8 Å². The Morgan fingerprint density at radius 1 is 1.21 bits per heavy atom. The summed E-state index contributed by atoms with van der Waals surface area (Å²) in [5.74, 6) is -0.0895. The number of carbonyl (C=O) groups excluding carboxylic acids is 1. The summed E-state index contributed by atoms with van der Waals surface area (Å²) in [6.45, 7) is 2.28. The number of rotatable bonds is 7. The second-order valence-corrected chi connectivity index (χ2v) is 7.75. The van der Waals surface area contributed by atoms with E-state index in [9.17, 15) is 13.2 Å². The molecule has 0 bridgehead atoms. The van der Waals surface area contributed by atoms with Crippen LogP contribution in [-0.4, -0.2) is 52.6 Å². The van der Waals surface area contributed by atoms with Gasteiger partial charge in [-0.05, 0) is 37.5 Å². The number of amides is 1. The van der Waals surface area contributed by atoms with E-state index in [2.05, 4.69) is 4.72 Å². The summed E-state index contributed by atoms with van der Waals surface area (Å²) in [5, 5.41) is 0. The summed E-state index contributed by atoms with van der Waals surface area (Å²) < 4.78 is 32.1. The monoisotopic (exact) mass is 354 g/mol. The van der Waals surface area contributed by atoms with E-state index in [4.69, 9.17) is 4.74 Å². The molecule has 24 heavy (non-hydrogen) atoms. The number of ether oxygens (including phenoxy) is 1. The highest BCUT2D eigenvalue weighted by atomic mass is 32.2. The van der Waals surface area contributed by atoms with Gasteiger partial charge in [-0.3, -0.25) is 4.79 Å². The smallest absolute Gasteiger partial charge is 0.253 e. The van der Waals surface area contributed by atoms with Crippen molar-refractivity contribution in [2.24, 2.45) is 0 Å². The van der Waals surface area contributed by atoms with Gasteiger partial charge in [0.1, 0.15) is 0 Å². The number of carbonyl (C=O) groups is 1. The van der Waals surface area contributed by atoms with Gasteiger partial charge in [-0.15, -0.1) is 0 Å². The molecule has 1 aliphatic heterocycles. The largest absolute Gasteiger partial charge is 0.385 e. The summed E-state index contributed by atoms with van der Waals surface area (Å²) in [6.07, 6.45) is 4.89. The Balaban J connectivity index is 2.08. The third kappa shape index (κ3) is 5.29. The van der Waals surface area contributed by atoms with Crippen LogP contribution in [0.5, 0.6) is 0 Å². The van der Waals surface area contributed by atoms with E-state index in [1.165, 1.54) is 12.1 Å². The minimum absolute atomic E-state index is 0.0895. The Kier molecular flexibility index (Phi) is 7.20. The predicted molar refractivity (Wildman–Crippen MR) is 92.5 cm³/mol. The van der Waals surface area contributed by atoms with E-state index in [1.807, 2.05) is 4.90 Å². The molecule has 0 unspecified atom stereocenters. The molecule has 1 amide bonds. The molecule has 1 saturated heterocycles.